The molecule has 0 aliphatic carbocycles. The van der Waals surface area contributed by atoms with Gasteiger partial charge in [0.2, 0.25) is 0 Å². The van der Waals surface area contributed by atoms with Crippen LogP contribution in [0.1, 0.15) is 35.0 Å². The fraction of sp³-hybridized carbons (Fsp3) is 0.280. The molecule has 3 aromatic rings. The van der Waals surface area contributed by atoms with Gasteiger partial charge in [-0.1, -0.05) is 6.92 Å². The number of pyridine rings is 1. The second-order valence-corrected chi connectivity index (χ2v) is 7.78. The number of aromatic nitrogens is 2. The molecular formula is C25H26F2N4O2. The molecule has 0 saturated carbocycles. The van der Waals surface area contributed by atoms with Gasteiger partial charge in [0, 0.05) is 54.5 Å². The highest BCUT2D eigenvalue weighted by molar-refractivity contribution is 5.95. The molecule has 8 heteroatoms. The van der Waals surface area contributed by atoms with Crippen LogP contribution in [-0.4, -0.2) is 48.7 Å². The van der Waals surface area contributed by atoms with Gasteiger partial charge in [0.25, 0.3) is 5.91 Å². The van der Waals surface area contributed by atoms with Crippen LogP contribution >= 0.6 is 0 Å². The first kappa shape index (κ1) is 22.7. The van der Waals surface area contributed by atoms with E-state index in [1.165, 1.54) is 18.2 Å². The van der Waals surface area contributed by atoms with Crippen LogP contribution in [0.3, 0.4) is 0 Å². The van der Waals surface area contributed by atoms with Crippen LogP contribution < -0.4 is 10.2 Å². The summed E-state index contributed by atoms with van der Waals surface area (Å²) in [5.74, 6) is -1.40. The smallest absolute Gasteiger partial charge is 0.252 e. The van der Waals surface area contributed by atoms with E-state index in [0.29, 0.717) is 49.8 Å². The normalized spacial score (nSPS) is 14.1. The van der Waals surface area contributed by atoms with Gasteiger partial charge in [-0.25, -0.2) is 8.78 Å². The van der Waals surface area contributed by atoms with Crippen molar-refractivity contribution in [3.63, 3.8) is 0 Å². The summed E-state index contributed by atoms with van der Waals surface area (Å²) in [4.78, 5) is 21.4. The van der Waals surface area contributed by atoms with Crippen molar-refractivity contribution >= 4 is 23.7 Å². The number of aromatic amines is 1. The van der Waals surface area contributed by atoms with Crippen molar-refractivity contribution in [2.75, 3.05) is 37.7 Å². The highest BCUT2D eigenvalue weighted by Gasteiger charge is 2.16. The Balaban J connectivity index is 1.51. The van der Waals surface area contributed by atoms with E-state index >= 15 is 0 Å². The molecule has 0 spiro atoms. The van der Waals surface area contributed by atoms with Crippen molar-refractivity contribution < 1.29 is 18.3 Å². The Kier molecular flexibility index (Phi) is 7.14. The first-order valence-corrected chi connectivity index (χ1v) is 11.0. The minimum absolute atomic E-state index is 0.117. The Morgan fingerprint density at radius 1 is 1.18 bits per heavy atom. The first-order chi connectivity index (χ1) is 16.0. The lowest BCUT2D eigenvalue weighted by Crippen LogP contribution is -2.36. The SMILES string of the molecule is CCCNC(=O)c1c[nH]c(-c2ccnc(/C=C/c3c(F)cc(N4CCOCC4)cc3F)c2)c1. The van der Waals surface area contributed by atoms with Gasteiger partial charge >= 0.3 is 0 Å². The molecular weight excluding hydrogens is 426 g/mol. The molecule has 1 fully saturated rings. The van der Waals surface area contributed by atoms with Gasteiger partial charge in [0.15, 0.2) is 0 Å². The molecule has 1 aliphatic rings. The summed E-state index contributed by atoms with van der Waals surface area (Å²) in [5, 5.41) is 2.84. The second kappa shape index (κ2) is 10.4. The van der Waals surface area contributed by atoms with Crippen molar-refractivity contribution in [3.8, 4) is 11.3 Å². The Bertz CT molecular complexity index is 1130. The summed E-state index contributed by atoms with van der Waals surface area (Å²) >= 11 is 0. The summed E-state index contributed by atoms with van der Waals surface area (Å²) in [6, 6.07) is 8.05. The Morgan fingerprint density at radius 2 is 1.94 bits per heavy atom. The largest absolute Gasteiger partial charge is 0.378 e. The van der Waals surface area contributed by atoms with E-state index in [-0.39, 0.29) is 11.5 Å². The van der Waals surface area contributed by atoms with Crippen LogP contribution in [0.15, 0.2) is 42.7 Å². The van der Waals surface area contributed by atoms with Crippen LogP contribution in [0.5, 0.6) is 0 Å². The number of morpholine rings is 1. The zero-order valence-corrected chi connectivity index (χ0v) is 18.4. The van der Waals surface area contributed by atoms with E-state index < -0.39 is 11.6 Å². The third kappa shape index (κ3) is 5.46. The third-order valence-electron chi connectivity index (χ3n) is 5.43. The molecule has 1 saturated heterocycles. The topological polar surface area (TPSA) is 70.2 Å². The Morgan fingerprint density at radius 3 is 2.67 bits per heavy atom. The lowest BCUT2D eigenvalue weighted by atomic mass is 10.1. The standard InChI is InChI=1S/C25H26F2N4O2/c1-2-6-29-25(32)18-13-24(30-16-18)17-5-7-28-19(12-17)3-4-21-22(26)14-20(15-23(21)27)31-8-10-33-11-9-31/h3-5,7,12-16,30H,2,6,8-11H2,1H3,(H,29,32)/b4-3+. The number of halogens is 2. The number of rotatable bonds is 7. The minimum Gasteiger partial charge on any atom is -0.378 e. The fourth-order valence-electron chi connectivity index (χ4n) is 3.64. The molecule has 2 N–H and O–H groups in total. The lowest BCUT2D eigenvalue weighted by Gasteiger charge is -2.29. The molecule has 4 rings (SSSR count). The summed E-state index contributed by atoms with van der Waals surface area (Å²) in [6.07, 6.45) is 7.08. The number of ether oxygens (including phenoxy) is 1. The molecule has 0 radical (unpaired) electrons. The van der Waals surface area contributed by atoms with Gasteiger partial charge in [0.05, 0.1) is 24.5 Å². The average Bonchev–Trinajstić information content (AvgIpc) is 3.33. The van der Waals surface area contributed by atoms with Crippen molar-refractivity contribution in [1.82, 2.24) is 15.3 Å². The van der Waals surface area contributed by atoms with E-state index in [1.807, 2.05) is 11.8 Å². The number of benzene rings is 1. The number of amides is 1. The third-order valence-corrected chi connectivity index (χ3v) is 5.43. The highest BCUT2D eigenvalue weighted by atomic mass is 19.1. The van der Waals surface area contributed by atoms with Crippen LogP contribution in [-0.2, 0) is 4.74 Å². The predicted octanol–water partition coefficient (Wildman–Crippen LogP) is 4.50. The number of nitrogens with zero attached hydrogens (tertiary/aromatic N) is 2. The quantitative estimate of drug-likeness (QED) is 0.554. The number of hydrogen-bond donors (Lipinski definition) is 2. The molecule has 3 heterocycles. The van der Waals surface area contributed by atoms with E-state index in [2.05, 4.69) is 15.3 Å². The van der Waals surface area contributed by atoms with Gasteiger partial charge in [-0.2, -0.15) is 0 Å². The number of anilines is 1. The summed E-state index contributed by atoms with van der Waals surface area (Å²) in [6.45, 7) is 4.89. The molecule has 33 heavy (non-hydrogen) atoms. The van der Waals surface area contributed by atoms with Crippen molar-refractivity contribution in [3.05, 3.63) is 71.2 Å². The van der Waals surface area contributed by atoms with Crippen LogP contribution in [0, 0.1) is 11.6 Å². The van der Waals surface area contributed by atoms with Crippen LogP contribution in [0.25, 0.3) is 23.4 Å². The maximum atomic E-state index is 14.7. The first-order valence-electron chi connectivity index (χ1n) is 11.0. The van der Waals surface area contributed by atoms with Crippen molar-refractivity contribution in [2.45, 2.75) is 13.3 Å². The van der Waals surface area contributed by atoms with E-state index in [4.69, 9.17) is 4.74 Å². The zero-order valence-electron chi connectivity index (χ0n) is 18.4. The van der Waals surface area contributed by atoms with Gasteiger partial charge in [-0.05, 0) is 48.9 Å². The van der Waals surface area contributed by atoms with E-state index in [9.17, 15) is 13.6 Å². The molecule has 0 bridgehead atoms. The Hall–Kier alpha value is -3.52. The zero-order chi connectivity index (χ0) is 23.2. The molecule has 0 unspecified atom stereocenters. The number of nitrogens with one attached hydrogen (secondary N) is 2. The number of hydrogen-bond acceptors (Lipinski definition) is 4. The maximum Gasteiger partial charge on any atom is 0.252 e. The van der Waals surface area contributed by atoms with Crippen LogP contribution in [0.2, 0.25) is 0 Å². The minimum atomic E-state index is -0.629. The van der Waals surface area contributed by atoms with Crippen LogP contribution in [0.4, 0.5) is 14.5 Å². The molecule has 172 valence electrons. The maximum absolute atomic E-state index is 14.7. The molecule has 1 aliphatic heterocycles. The Labute approximate surface area is 191 Å². The fourth-order valence-corrected chi connectivity index (χ4v) is 3.64. The molecule has 1 amide bonds. The van der Waals surface area contributed by atoms with Gasteiger partial charge in [0.1, 0.15) is 11.6 Å². The molecule has 6 nitrogen and oxygen atoms in total. The lowest BCUT2D eigenvalue weighted by molar-refractivity contribution is 0.0954. The monoisotopic (exact) mass is 452 g/mol. The second-order valence-electron chi connectivity index (χ2n) is 7.78. The summed E-state index contributed by atoms with van der Waals surface area (Å²) < 4.78 is 34.6. The van der Waals surface area contributed by atoms with Crippen molar-refractivity contribution in [2.24, 2.45) is 0 Å². The molecule has 1 aromatic carbocycles. The number of carbonyl (C=O) groups is 1. The van der Waals surface area contributed by atoms with Gasteiger partial charge in [-0.15, -0.1) is 0 Å². The van der Waals surface area contributed by atoms with E-state index in [1.54, 1.807) is 36.7 Å². The number of carbonyl (C=O) groups excluding carboxylic acids is 1. The predicted molar refractivity (Wildman–Crippen MR) is 125 cm³/mol. The molecule has 2 aromatic heterocycles. The number of H-pyrrole nitrogens is 1. The summed E-state index contributed by atoms with van der Waals surface area (Å²) in [7, 11) is 0. The van der Waals surface area contributed by atoms with Crippen molar-refractivity contribution in [1.29, 1.82) is 0 Å². The van der Waals surface area contributed by atoms with Gasteiger partial charge in [-0.3, -0.25) is 9.78 Å². The summed E-state index contributed by atoms with van der Waals surface area (Å²) in [5.41, 5.74) is 3.03. The van der Waals surface area contributed by atoms with E-state index in [0.717, 1.165) is 17.7 Å². The highest BCUT2D eigenvalue weighted by Crippen LogP contribution is 2.25. The molecule has 0 atom stereocenters. The average molecular weight is 453 g/mol. The van der Waals surface area contributed by atoms with Gasteiger partial charge < -0.3 is 19.9 Å².